The molecule has 2 aliphatic rings. The average Bonchev–Trinajstić information content (AvgIpc) is 2.80. The summed E-state index contributed by atoms with van der Waals surface area (Å²) in [5.74, 6) is -2.39. The van der Waals surface area contributed by atoms with Gasteiger partial charge >= 0.3 is 5.97 Å². The van der Waals surface area contributed by atoms with E-state index in [9.17, 15) is 19.8 Å². The number of benzene rings is 2. The van der Waals surface area contributed by atoms with Crippen molar-refractivity contribution in [3.8, 4) is 5.75 Å². The molecule has 5 heteroatoms. The minimum Gasteiger partial charge on any atom is -0.508 e. The van der Waals surface area contributed by atoms with Gasteiger partial charge in [-0.3, -0.25) is 4.79 Å². The van der Waals surface area contributed by atoms with Gasteiger partial charge in [-0.1, -0.05) is 68.7 Å². The van der Waals surface area contributed by atoms with Crippen LogP contribution in [-0.4, -0.2) is 22.0 Å². The fraction of sp³-hybridized carbons (Fsp3) is 0.385. The highest BCUT2D eigenvalue weighted by Crippen LogP contribution is 2.48. The Morgan fingerprint density at radius 1 is 1.00 bits per heavy atom. The zero-order valence-corrected chi connectivity index (χ0v) is 17.7. The lowest BCUT2D eigenvalue weighted by Crippen LogP contribution is -2.52. The van der Waals surface area contributed by atoms with E-state index in [0.717, 1.165) is 32.1 Å². The van der Waals surface area contributed by atoms with E-state index in [-0.39, 0.29) is 17.2 Å². The monoisotopic (exact) mass is 420 g/mol. The Morgan fingerprint density at radius 3 is 2.35 bits per heavy atom. The Morgan fingerprint density at radius 2 is 1.71 bits per heavy atom. The van der Waals surface area contributed by atoms with E-state index in [4.69, 9.17) is 4.74 Å². The first kappa shape index (κ1) is 21.2. The Bertz CT molecular complexity index is 1000. The van der Waals surface area contributed by atoms with Gasteiger partial charge in [0, 0.05) is 17.4 Å². The van der Waals surface area contributed by atoms with E-state index in [2.05, 4.69) is 0 Å². The molecule has 2 unspecified atom stereocenters. The van der Waals surface area contributed by atoms with Crippen LogP contribution >= 0.6 is 0 Å². The smallest absolute Gasteiger partial charge is 0.339 e. The van der Waals surface area contributed by atoms with Crippen LogP contribution < -0.4 is 0 Å². The van der Waals surface area contributed by atoms with Crippen LogP contribution in [0.4, 0.5) is 0 Å². The van der Waals surface area contributed by atoms with Crippen LogP contribution in [0.1, 0.15) is 62.5 Å². The fourth-order valence-electron chi connectivity index (χ4n) is 5.19. The van der Waals surface area contributed by atoms with E-state index >= 15 is 0 Å². The summed E-state index contributed by atoms with van der Waals surface area (Å²) in [7, 11) is 0. The topological polar surface area (TPSA) is 83.8 Å². The van der Waals surface area contributed by atoms with E-state index in [1.165, 1.54) is 6.07 Å². The minimum atomic E-state index is -1.50. The molecule has 2 aromatic carbocycles. The van der Waals surface area contributed by atoms with Gasteiger partial charge in [-0.15, -0.1) is 0 Å². The summed E-state index contributed by atoms with van der Waals surface area (Å²) >= 11 is 0. The molecule has 1 heterocycles. The largest absolute Gasteiger partial charge is 0.508 e. The van der Waals surface area contributed by atoms with Crippen molar-refractivity contribution in [2.24, 2.45) is 5.92 Å². The van der Waals surface area contributed by atoms with Gasteiger partial charge in [-0.05, 0) is 37.0 Å². The number of ether oxygens (including phenoxy) is 1. The SMILES string of the molecule is CCC(C1=C(O)C(=O)C(c2ccccc2)(C2CCCCC2)OC1=O)c1cccc(O)c1. The molecule has 1 aliphatic carbocycles. The average molecular weight is 421 g/mol. The number of aliphatic hydroxyl groups excluding tert-OH is 1. The Labute approximate surface area is 182 Å². The summed E-state index contributed by atoms with van der Waals surface area (Å²) < 4.78 is 6.06. The molecule has 1 aliphatic heterocycles. The van der Waals surface area contributed by atoms with Crippen molar-refractivity contribution >= 4 is 11.8 Å². The van der Waals surface area contributed by atoms with Gasteiger partial charge in [-0.2, -0.15) is 0 Å². The standard InChI is InChI=1S/C26H28O5/c1-2-21(17-10-9-15-20(27)16-17)22-23(28)24(29)26(31-25(22)30,18-11-5-3-6-12-18)19-13-7-4-8-14-19/h3,5-6,9-12,15-16,19,21,27-28H,2,4,7-8,13-14H2,1H3. The molecule has 2 aromatic rings. The Kier molecular flexibility index (Phi) is 5.86. The molecule has 0 aromatic heterocycles. The zero-order valence-electron chi connectivity index (χ0n) is 17.7. The molecule has 0 radical (unpaired) electrons. The summed E-state index contributed by atoms with van der Waals surface area (Å²) in [6.07, 6.45) is 5.00. The lowest BCUT2D eigenvalue weighted by atomic mass is 9.68. The van der Waals surface area contributed by atoms with E-state index in [1.54, 1.807) is 30.3 Å². The van der Waals surface area contributed by atoms with Gasteiger partial charge in [0.1, 0.15) is 5.75 Å². The third kappa shape index (κ3) is 3.62. The summed E-state index contributed by atoms with van der Waals surface area (Å²) in [6, 6.07) is 15.6. The molecule has 31 heavy (non-hydrogen) atoms. The Balaban J connectivity index is 1.84. The maximum Gasteiger partial charge on any atom is 0.339 e. The Hall–Kier alpha value is -3.08. The van der Waals surface area contributed by atoms with Gasteiger partial charge in [0.25, 0.3) is 0 Å². The molecular formula is C26H28O5. The number of esters is 1. The van der Waals surface area contributed by atoms with Gasteiger partial charge in [-0.25, -0.2) is 4.79 Å². The molecule has 2 atom stereocenters. The number of aromatic hydroxyl groups is 1. The van der Waals surface area contributed by atoms with Crippen LogP contribution in [0.3, 0.4) is 0 Å². The van der Waals surface area contributed by atoms with Crippen LogP contribution in [0.15, 0.2) is 65.9 Å². The molecule has 1 saturated carbocycles. The molecular weight excluding hydrogens is 392 g/mol. The van der Waals surface area contributed by atoms with Crippen molar-refractivity contribution in [3.63, 3.8) is 0 Å². The number of phenolic OH excluding ortho intramolecular Hbond substituents is 1. The first-order chi connectivity index (χ1) is 15.0. The van der Waals surface area contributed by atoms with Crippen molar-refractivity contribution in [1.82, 2.24) is 0 Å². The number of aliphatic hydroxyl groups is 1. The van der Waals surface area contributed by atoms with Crippen LogP contribution in [-0.2, 0) is 19.9 Å². The van der Waals surface area contributed by atoms with Crippen molar-refractivity contribution in [2.45, 2.75) is 57.0 Å². The second-order valence-electron chi connectivity index (χ2n) is 8.47. The number of carbonyl (C=O) groups excluding carboxylic acids is 2. The predicted molar refractivity (Wildman–Crippen MR) is 117 cm³/mol. The van der Waals surface area contributed by atoms with Crippen LogP contribution in [0, 0.1) is 5.92 Å². The molecule has 0 saturated heterocycles. The summed E-state index contributed by atoms with van der Waals surface area (Å²) in [5, 5.41) is 21.0. The van der Waals surface area contributed by atoms with Crippen molar-refractivity contribution in [1.29, 1.82) is 0 Å². The summed E-state index contributed by atoms with van der Waals surface area (Å²) in [4.78, 5) is 27.2. The maximum absolute atomic E-state index is 13.8. The minimum absolute atomic E-state index is 0.0273. The van der Waals surface area contributed by atoms with E-state index < -0.39 is 29.0 Å². The van der Waals surface area contributed by atoms with Crippen LogP contribution in [0.2, 0.25) is 0 Å². The van der Waals surface area contributed by atoms with Crippen LogP contribution in [0.5, 0.6) is 5.75 Å². The molecule has 4 rings (SSSR count). The van der Waals surface area contributed by atoms with Gasteiger partial charge in [0.2, 0.25) is 11.4 Å². The van der Waals surface area contributed by atoms with Crippen molar-refractivity contribution in [2.75, 3.05) is 0 Å². The first-order valence-corrected chi connectivity index (χ1v) is 11.0. The first-order valence-electron chi connectivity index (χ1n) is 11.0. The number of Topliss-reactive ketones (excluding diaryl/α,β-unsaturated/α-hetero) is 1. The summed E-state index contributed by atoms with van der Waals surface area (Å²) in [6.45, 7) is 1.87. The third-order valence-electron chi connectivity index (χ3n) is 6.69. The van der Waals surface area contributed by atoms with Gasteiger partial charge < -0.3 is 14.9 Å². The number of phenols is 1. The van der Waals surface area contributed by atoms with Gasteiger partial charge in [0.05, 0.1) is 5.57 Å². The second kappa shape index (κ2) is 8.58. The fourth-order valence-corrected chi connectivity index (χ4v) is 5.19. The highest BCUT2D eigenvalue weighted by molar-refractivity contribution is 6.11. The van der Waals surface area contributed by atoms with E-state index in [1.807, 2.05) is 25.1 Å². The van der Waals surface area contributed by atoms with E-state index in [0.29, 0.717) is 17.5 Å². The molecule has 5 nitrogen and oxygen atoms in total. The normalized spacial score (nSPS) is 23.5. The molecule has 0 spiro atoms. The number of cyclic esters (lactones) is 1. The predicted octanol–water partition coefficient (Wildman–Crippen LogP) is 5.30. The summed E-state index contributed by atoms with van der Waals surface area (Å²) in [5.41, 5.74) is -0.265. The lowest BCUT2D eigenvalue weighted by Gasteiger charge is -2.43. The van der Waals surface area contributed by atoms with Crippen LogP contribution in [0.25, 0.3) is 0 Å². The lowest BCUT2D eigenvalue weighted by molar-refractivity contribution is -0.178. The number of hydrogen-bond donors (Lipinski definition) is 2. The molecule has 2 N–H and O–H groups in total. The molecule has 0 bridgehead atoms. The number of carbonyl (C=O) groups is 2. The number of rotatable bonds is 5. The third-order valence-corrected chi connectivity index (χ3v) is 6.69. The highest BCUT2D eigenvalue weighted by atomic mass is 16.6. The number of ketones is 1. The number of hydrogen-bond acceptors (Lipinski definition) is 5. The van der Waals surface area contributed by atoms with Gasteiger partial charge in [0.15, 0.2) is 5.76 Å². The van der Waals surface area contributed by atoms with Crippen molar-refractivity contribution in [3.05, 3.63) is 77.1 Å². The highest BCUT2D eigenvalue weighted by Gasteiger charge is 2.56. The molecule has 162 valence electrons. The zero-order chi connectivity index (χ0) is 22.0. The molecule has 1 fully saturated rings. The maximum atomic E-state index is 13.8. The quantitative estimate of drug-likeness (QED) is 0.641. The van der Waals surface area contributed by atoms with Crippen molar-refractivity contribution < 1.29 is 24.5 Å². The molecule has 0 amide bonds. The second-order valence-corrected chi connectivity index (χ2v) is 8.47.